The highest BCUT2D eigenvalue weighted by atomic mass is 16.7. The molecule has 1 aromatic carbocycles. The maximum Gasteiger partial charge on any atom is 0.407 e. The summed E-state index contributed by atoms with van der Waals surface area (Å²) in [4.78, 5) is 31.5. The van der Waals surface area contributed by atoms with Crippen LogP contribution in [0.1, 0.15) is 100 Å². The summed E-state index contributed by atoms with van der Waals surface area (Å²) in [5, 5.41) is 50.6. The second kappa shape index (κ2) is 22.4. The van der Waals surface area contributed by atoms with Crippen molar-refractivity contribution in [2.45, 2.75) is 192 Å². The fraction of sp³-hybridized carbons (Fsp3) is 0.830. The van der Waals surface area contributed by atoms with Crippen molar-refractivity contribution >= 4 is 12.1 Å². The third-order valence-electron chi connectivity index (χ3n) is 14.0. The smallest absolute Gasteiger partial charge is 0.407 e. The average Bonchev–Trinajstić information content (AvgIpc) is 3.23. The number of methoxy groups -OCH3 is 2. The number of aliphatic hydroxyl groups is 4. The summed E-state index contributed by atoms with van der Waals surface area (Å²) in [5.41, 5.74) is -3.74. The van der Waals surface area contributed by atoms with Crippen molar-refractivity contribution in [3.63, 3.8) is 0 Å². The normalized spacial score (nSPS) is 42.2. The minimum atomic E-state index is -1.84. The lowest BCUT2D eigenvalue weighted by Gasteiger charge is -2.49. The van der Waals surface area contributed by atoms with E-state index in [1.165, 1.54) is 14.0 Å². The number of rotatable bonds is 11. The van der Waals surface area contributed by atoms with Gasteiger partial charge < -0.3 is 73.4 Å². The Labute approximate surface area is 381 Å². The number of amides is 1. The number of benzene rings is 1. The molecule has 0 aromatic heterocycles. The number of esters is 1. The molecule has 1 aromatic rings. The van der Waals surface area contributed by atoms with Gasteiger partial charge in [-0.2, -0.15) is 0 Å². The number of nitrogens with one attached hydrogen (secondary N) is 1. The SMILES string of the molecule is CC[C@H]1OC(=O)[C@H](C)[C@@H](O[C@H]2C[C@@](C)(OC)[C@@H](OC(=O)NCc3ccc(OC)cc3)[C@H](C)O2)[C@H](C)[C@@H](O[C@@H]2O[C@H](C)C[C@H](N(C)C)[C@H]2O)[C@](C)(O)C[C@@H](C)CN(C)[C@H](C)[C@@H](O)[C@]1(C)O. The van der Waals surface area contributed by atoms with E-state index in [1.54, 1.807) is 60.8 Å². The van der Waals surface area contributed by atoms with Crippen LogP contribution in [-0.2, 0) is 44.5 Å². The number of carbonyl (C=O) groups excluding carboxylic acids is 2. The third-order valence-corrected chi connectivity index (χ3v) is 14.0. The van der Waals surface area contributed by atoms with Gasteiger partial charge in [-0.3, -0.25) is 4.79 Å². The number of nitrogens with zero attached hydrogens (tertiary/aromatic N) is 2. The van der Waals surface area contributed by atoms with E-state index < -0.39 is 102 Å². The number of aliphatic hydroxyl groups excluding tert-OH is 2. The van der Waals surface area contributed by atoms with Crippen LogP contribution in [-0.4, -0.2) is 174 Å². The summed E-state index contributed by atoms with van der Waals surface area (Å²) >= 11 is 0. The summed E-state index contributed by atoms with van der Waals surface area (Å²) < 4.78 is 49.7. The van der Waals surface area contributed by atoms with E-state index in [0.717, 1.165) is 5.56 Å². The molecule has 64 heavy (non-hydrogen) atoms. The first kappa shape index (κ1) is 53.9. The van der Waals surface area contributed by atoms with E-state index in [9.17, 15) is 30.0 Å². The predicted molar refractivity (Wildman–Crippen MR) is 238 cm³/mol. The molecular formula is C47H81N3O14. The predicted octanol–water partition coefficient (Wildman–Crippen LogP) is 3.84. The van der Waals surface area contributed by atoms with E-state index >= 15 is 0 Å². The number of hydrogen-bond acceptors (Lipinski definition) is 16. The zero-order valence-corrected chi connectivity index (χ0v) is 41.0. The number of carbonyl (C=O) groups is 2. The van der Waals surface area contributed by atoms with Crippen LogP contribution in [0.25, 0.3) is 0 Å². The number of ether oxygens (including phenoxy) is 8. The highest BCUT2D eigenvalue weighted by Crippen LogP contribution is 2.41. The molecule has 3 aliphatic heterocycles. The molecule has 3 fully saturated rings. The molecule has 0 spiro atoms. The van der Waals surface area contributed by atoms with Crippen LogP contribution in [0.3, 0.4) is 0 Å². The van der Waals surface area contributed by atoms with Crippen molar-refractivity contribution in [1.82, 2.24) is 15.1 Å². The van der Waals surface area contributed by atoms with Gasteiger partial charge >= 0.3 is 12.1 Å². The van der Waals surface area contributed by atoms with E-state index in [2.05, 4.69) is 5.32 Å². The van der Waals surface area contributed by atoms with Crippen molar-refractivity contribution in [3.05, 3.63) is 29.8 Å². The van der Waals surface area contributed by atoms with Crippen molar-refractivity contribution in [3.8, 4) is 5.75 Å². The van der Waals surface area contributed by atoms with Gasteiger partial charge in [-0.25, -0.2) is 4.79 Å². The first-order valence-corrected chi connectivity index (χ1v) is 22.9. The first-order chi connectivity index (χ1) is 29.8. The maximum atomic E-state index is 14.5. The van der Waals surface area contributed by atoms with Crippen LogP contribution in [0.2, 0.25) is 0 Å². The van der Waals surface area contributed by atoms with Gasteiger partial charge in [0.1, 0.15) is 35.3 Å². The monoisotopic (exact) mass is 912 g/mol. The molecule has 17 nitrogen and oxygen atoms in total. The molecule has 368 valence electrons. The second-order valence-electron chi connectivity index (χ2n) is 19.7. The Morgan fingerprint density at radius 1 is 0.953 bits per heavy atom. The van der Waals surface area contributed by atoms with Gasteiger partial charge in [0.05, 0.1) is 43.0 Å². The van der Waals surface area contributed by atoms with E-state index in [4.69, 9.17) is 37.9 Å². The van der Waals surface area contributed by atoms with Crippen LogP contribution >= 0.6 is 0 Å². The van der Waals surface area contributed by atoms with Crippen LogP contribution < -0.4 is 10.1 Å². The molecule has 0 saturated carbocycles. The van der Waals surface area contributed by atoms with Gasteiger partial charge in [-0.15, -0.1) is 0 Å². The van der Waals surface area contributed by atoms with Gasteiger partial charge in [0.25, 0.3) is 0 Å². The minimum absolute atomic E-state index is 0.0589. The topological polar surface area (TPSA) is 207 Å². The molecule has 1 amide bonds. The van der Waals surface area contributed by atoms with E-state index in [-0.39, 0.29) is 43.9 Å². The molecule has 0 aliphatic carbocycles. The first-order valence-electron chi connectivity index (χ1n) is 22.9. The van der Waals surface area contributed by atoms with E-state index in [1.807, 2.05) is 63.8 Å². The maximum absolute atomic E-state index is 14.5. The Kier molecular flexibility index (Phi) is 18.9. The Bertz CT molecular complexity index is 1630. The van der Waals surface area contributed by atoms with Gasteiger partial charge in [-0.1, -0.05) is 32.9 Å². The summed E-state index contributed by atoms with van der Waals surface area (Å²) in [6.07, 6.45) is -9.47. The molecule has 0 radical (unpaired) electrons. The van der Waals surface area contributed by atoms with Gasteiger partial charge in [-0.05, 0) is 112 Å². The van der Waals surface area contributed by atoms with E-state index in [0.29, 0.717) is 18.7 Å². The molecule has 18 atom stereocenters. The molecule has 3 aliphatic rings. The Morgan fingerprint density at radius 3 is 2.17 bits per heavy atom. The number of alkyl carbamates (subject to hydrolysis) is 1. The van der Waals surface area contributed by atoms with Crippen LogP contribution in [0.5, 0.6) is 5.75 Å². The summed E-state index contributed by atoms with van der Waals surface area (Å²) in [6.45, 7) is 18.2. The molecule has 5 N–H and O–H groups in total. The van der Waals surface area contributed by atoms with Crippen LogP contribution in [0.4, 0.5) is 4.79 Å². The Hall–Kier alpha value is -2.68. The van der Waals surface area contributed by atoms with Crippen molar-refractivity contribution in [1.29, 1.82) is 0 Å². The molecule has 0 bridgehead atoms. The Morgan fingerprint density at radius 2 is 1.59 bits per heavy atom. The molecule has 3 saturated heterocycles. The molecule has 17 heteroatoms. The lowest BCUT2D eigenvalue weighted by atomic mass is 9.77. The van der Waals surface area contributed by atoms with Crippen LogP contribution in [0, 0.1) is 17.8 Å². The fourth-order valence-corrected chi connectivity index (χ4v) is 10.0. The number of likely N-dealkylation sites (N-methyl/N-ethyl adjacent to an activating group) is 2. The highest BCUT2D eigenvalue weighted by molar-refractivity contribution is 5.73. The van der Waals surface area contributed by atoms with Gasteiger partial charge in [0, 0.05) is 44.6 Å². The summed E-state index contributed by atoms with van der Waals surface area (Å²) in [5.74, 6) is -2.09. The van der Waals surface area contributed by atoms with Gasteiger partial charge in [0.15, 0.2) is 18.7 Å². The Balaban J connectivity index is 1.73. The van der Waals surface area contributed by atoms with Crippen molar-refractivity contribution < 1.29 is 67.9 Å². The lowest BCUT2D eigenvalue weighted by Crippen LogP contribution is -2.61. The standard InChI is InChI=1S/C47H81N3O14/c1-16-35-47(10,56)39(52)30(6)50(13)25-26(2)22-45(8,55)40(63-43-37(51)34(49(11)12)21-27(3)59-43)28(4)38(29(5)42(53)61-35)62-36-23-46(9,58-15)41(31(7)60-36)64-44(54)48-24-32-17-19-33(57-14)20-18-32/h17-20,26-31,34-41,43,51-52,55-56H,16,21-25H2,1-15H3,(H,48,54)/t26-,27-,28+,29-,30-,31+,34+,35-,36+,37-,38+,39-,40-,41+,43+,45-,46-,47-/m1/s1. The molecule has 3 heterocycles. The number of hydrogen-bond donors (Lipinski definition) is 5. The zero-order chi connectivity index (χ0) is 48.1. The minimum Gasteiger partial charge on any atom is -0.497 e. The quantitative estimate of drug-likeness (QED) is 0.200. The summed E-state index contributed by atoms with van der Waals surface area (Å²) in [7, 11) is 8.68. The number of cyclic esters (lactones) is 1. The molecular weight excluding hydrogens is 831 g/mol. The fourth-order valence-electron chi connectivity index (χ4n) is 10.0. The van der Waals surface area contributed by atoms with Crippen molar-refractivity contribution in [2.24, 2.45) is 17.8 Å². The zero-order valence-electron chi connectivity index (χ0n) is 41.0. The average molecular weight is 912 g/mol. The largest absolute Gasteiger partial charge is 0.497 e. The second-order valence-corrected chi connectivity index (χ2v) is 19.7. The summed E-state index contributed by atoms with van der Waals surface area (Å²) in [6, 6.07) is 6.41. The third kappa shape index (κ3) is 12.8. The lowest BCUT2D eigenvalue weighted by molar-refractivity contribution is -0.317. The highest BCUT2D eigenvalue weighted by Gasteiger charge is 2.53. The van der Waals surface area contributed by atoms with Gasteiger partial charge in [0.2, 0.25) is 0 Å². The molecule has 4 rings (SSSR count). The van der Waals surface area contributed by atoms with Crippen LogP contribution in [0.15, 0.2) is 24.3 Å². The molecule has 0 unspecified atom stereocenters. The van der Waals surface area contributed by atoms with Crippen molar-refractivity contribution in [2.75, 3.05) is 41.9 Å².